The highest BCUT2D eigenvalue weighted by Gasteiger charge is 2.15. The minimum absolute atomic E-state index is 0.935. The number of rotatable bonds is 2. The summed E-state index contributed by atoms with van der Waals surface area (Å²) in [7, 11) is 0. The van der Waals surface area contributed by atoms with Crippen molar-refractivity contribution in [3.8, 4) is 22.6 Å². The van der Waals surface area contributed by atoms with E-state index in [1.54, 1.807) is 12.5 Å². The van der Waals surface area contributed by atoms with Gasteiger partial charge >= 0.3 is 0 Å². The van der Waals surface area contributed by atoms with E-state index in [0.717, 1.165) is 44.2 Å². The van der Waals surface area contributed by atoms with Crippen molar-refractivity contribution >= 4 is 21.5 Å². The highest BCUT2D eigenvalue weighted by Crippen LogP contribution is 2.38. The molecule has 2 heterocycles. The van der Waals surface area contributed by atoms with Gasteiger partial charge in [-0.05, 0) is 0 Å². The minimum atomic E-state index is 0.935. The number of hydrogen-bond acceptors (Lipinski definition) is 2. The molecule has 0 saturated heterocycles. The molecule has 0 atom stereocenters. The van der Waals surface area contributed by atoms with Gasteiger partial charge in [-0.1, -0.05) is 109 Å². The van der Waals surface area contributed by atoms with E-state index in [1.165, 1.54) is 0 Å². The van der Waals surface area contributed by atoms with Crippen molar-refractivity contribution in [3.63, 3.8) is 0 Å². The lowest BCUT2D eigenvalue weighted by Gasteiger charge is -1.98. The summed E-state index contributed by atoms with van der Waals surface area (Å²) in [6.07, 6.45) is 3.49. The summed E-state index contributed by atoms with van der Waals surface area (Å²) in [5.41, 5.74) is 2.21. The van der Waals surface area contributed by atoms with E-state index in [2.05, 4.69) is 48.5 Å². The average Bonchev–Trinajstić information content (AvgIpc) is 3.46. The van der Waals surface area contributed by atoms with Crippen LogP contribution in [-0.4, -0.2) is 0 Å². The maximum atomic E-state index is 6.24. The molecule has 2 heteroatoms. The quantitative estimate of drug-likeness (QED) is 0.299. The van der Waals surface area contributed by atoms with Crippen LogP contribution in [0.5, 0.6) is 0 Å². The Morgan fingerprint density at radius 1 is 0.400 bits per heavy atom. The van der Waals surface area contributed by atoms with Gasteiger partial charge in [0.05, 0.1) is 12.5 Å². The molecule has 0 aliphatic heterocycles. The van der Waals surface area contributed by atoms with Gasteiger partial charge in [-0.15, -0.1) is 0 Å². The third-order valence-electron chi connectivity index (χ3n) is 5.08. The summed E-state index contributed by atoms with van der Waals surface area (Å²) in [4.78, 5) is 0. The Morgan fingerprint density at radius 2 is 0.800 bits per heavy atom. The summed E-state index contributed by atoms with van der Waals surface area (Å²) in [6, 6.07) is 36.9. The SMILES string of the molecule is c1ccc(-c2oc(-c3ccccc3)c3ccccc23)cc1.c1ccc2cocc2c1. The highest BCUT2D eigenvalue weighted by molar-refractivity contribution is 6.02. The lowest BCUT2D eigenvalue weighted by molar-refractivity contribution is 0.572. The molecule has 6 aromatic rings. The van der Waals surface area contributed by atoms with Gasteiger partial charge in [0.1, 0.15) is 11.5 Å². The van der Waals surface area contributed by atoms with Crippen LogP contribution in [0, 0.1) is 0 Å². The van der Waals surface area contributed by atoms with E-state index in [0.29, 0.717) is 0 Å². The molecule has 0 amide bonds. The van der Waals surface area contributed by atoms with Crippen molar-refractivity contribution in [3.05, 3.63) is 122 Å². The van der Waals surface area contributed by atoms with E-state index in [4.69, 9.17) is 8.83 Å². The largest absolute Gasteiger partial charge is 0.471 e. The van der Waals surface area contributed by atoms with Crippen molar-refractivity contribution in [1.82, 2.24) is 0 Å². The first-order valence-corrected chi connectivity index (χ1v) is 9.93. The molecule has 0 fully saturated rings. The molecule has 0 aliphatic rings. The Hall–Kier alpha value is -4.04. The van der Waals surface area contributed by atoms with Crippen LogP contribution in [0.25, 0.3) is 44.2 Å². The standard InChI is InChI=1S/C20H14O.C8H6O/c1-3-9-15(10-4-1)19-17-13-7-8-14-18(17)20(21-19)16-11-5-2-6-12-16;1-2-4-8-6-9-5-7(8)3-1/h1-14H;1-6H. The van der Waals surface area contributed by atoms with Crippen molar-refractivity contribution in [2.75, 3.05) is 0 Å². The highest BCUT2D eigenvalue weighted by atomic mass is 16.3. The van der Waals surface area contributed by atoms with Crippen LogP contribution in [0.3, 0.4) is 0 Å². The van der Waals surface area contributed by atoms with Gasteiger partial charge in [-0.2, -0.15) is 0 Å². The van der Waals surface area contributed by atoms with Crippen molar-refractivity contribution in [2.45, 2.75) is 0 Å². The van der Waals surface area contributed by atoms with Crippen LogP contribution < -0.4 is 0 Å². The van der Waals surface area contributed by atoms with Crippen molar-refractivity contribution < 1.29 is 8.83 Å². The monoisotopic (exact) mass is 388 g/mol. The fourth-order valence-corrected chi connectivity index (χ4v) is 3.61. The summed E-state index contributed by atoms with van der Waals surface area (Å²) in [6.45, 7) is 0. The molecule has 144 valence electrons. The summed E-state index contributed by atoms with van der Waals surface area (Å²) >= 11 is 0. The fraction of sp³-hybridized carbons (Fsp3) is 0. The van der Waals surface area contributed by atoms with Crippen molar-refractivity contribution in [1.29, 1.82) is 0 Å². The fourth-order valence-electron chi connectivity index (χ4n) is 3.61. The predicted octanol–water partition coefficient (Wildman–Crippen LogP) is 8.20. The molecular weight excluding hydrogens is 368 g/mol. The summed E-state index contributed by atoms with van der Waals surface area (Å²) in [5.74, 6) is 1.87. The Bertz CT molecular complexity index is 1270. The van der Waals surface area contributed by atoms with Gasteiger partial charge in [-0.25, -0.2) is 0 Å². The van der Waals surface area contributed by atoms with Crippen molar-refractivity contribution in [2.24, 2.45) is 0 Å². The van der Waals surface area contributed by atoms with Crippen LogP contribution in [0.15, 0.2) is 131 Å². The van der Waals surface area contributed by atoms with Crippen LogP contribution in [0.4, 0.5) is 0 Å². The van der Waals surface area contributed by atoms with Gasteiger partial charge in [0.15, 0.2) is 0 Å². The van der Waals surface area contributed by atoms with Gasteiger partial charge in [0, 0.05) is 32.7 Å². The maximum absolute atomic E-state index is 6.24. The first-order valence-electron chi connectivity index (χ1n) is 9.93. The molecule has 0 aliphatic carbocycles. The van der Waals surface area contributed by atoms with E-state index >= 15 is 0 Å². The predicted molar refractivity (Wildman–Crippen MR) is 123 cm³/mol. The zero-order valence-corrected chi connectivity index (χ0v) is 16.4. The topological polar surface area (TPSA) is 26.3 Å². The molecule has 0 saturated carbocycles. The maximum Gasteiger partial charge on any atom is 0.142 e. The molecule has 0 unspecified atom stereocenters. The Kier molecular flexibility index (Phi) is 4.89. The number of benzene rings is 4. The van der Waals surface area contributed by atoms with Gasteiger partial charge in [-0.3, -0.25) is 0 Å². The van der Waals surface area contributed by atoms with Gasteiger partial charge in [0.25, 0.3) is 0 Å². The zero-order chi connectivity index (χ0) is 20.2. The first kappa shape index (κ1) is 18.0. The van der Waals surface area contributed by atoms with E-state index in [9.17, 15) is 0 Å². The molecule has 0 N–H and O–H groups in total. The zero-order valence-electron chi connectivity index (χ0n) is 16.4. The molecule has 30 heavy (non-hydrogen) atoms. The van der Waals surface area contributed by atoms with Crippen LogP contribution in [0.2, 0.25) is 0 Å². The Balaban J connectivity index is 0.000000178. The third-order valence-corrected chi connectivity index (χ3v) is 5.08. The first-order chi connectivity index (χ1) is 14.9. The van der Waals surface area contributed by atoms with E-state index in [1.807, 2.05) is 60.7 Å². The van der Waals surface area contributed by atoms with Gasteiger partial charge < -0.3 is 8.83 Å². The summed E-state index contributed by atoms with van der Waals surface area (Å²) in [5, 5.41) is 4.64. The van der Waals surface area contributed by atoms with Crippen LogP contribution in [0.1, 0.15) is 0 Å². The molecule has 0 radical (unpaired) electrons. The third kappa shape index (κ3) is 3.51. The summed E-state index contributed by atoms with van der Waals surface area (Å²) < 4.78 is 11.2. The Morgan fingerprint density at radius 3 is 1.27 bits per heavy atom. The second-order valence-corrected chi connectivity index (χ2v) is 7.04. The van der Waals surface area contributed by atoms with E-state index in [-0.39, 0.29) is 0 Å². The average molecular weight is 388 g/mol. The Labute approximate surface area is 175 Å². The molecule has 2 aromatic heterocycles. The molecule has 4 aromatic carbocycles. The lowest BCUT2D eigenvalue weighted by Crippen LogP contribution is -1.73. The van der Waals surface area contributed by atoms with Gasteiger partial charge in [0.2, 0.25) is 0 Å². The molecular formula is C28H20O2. The number of hydrogen-bond donors (Lipinski definition) is 0. The number of fused-ring (bicyclic) bond motifs is 2. The second kappa shape index (κ2) is 8.14. The second-order valence-electron chi connectivity index (χ2n) is 7.04. The molecule has 0 bridgehead atoms. The normalized spacial score (nSPS) is 10.7. The lowest BCUT2D eigenvalue weighted by atomic mass is 10.0. The molecule has 0 spiro atoms. The molecule has 2 nitrogen and oxygen atoms in total. The number of furan rings is 2. The smallest absolute Gasteiger partial charge is 0.142 e. The minimum Gasteiger partial charge on any atom is -0.471 e. The molecule has 6 rings (SSSR count). The van der Waals surface area contributed by atoms with Crippen LogP contribution in [-0.2, 0) is 0 Å². The van der Waals surface area contributed by atoms with E-state index < -0.39 is 0 Å². The van der Waals surface area contributed by atoms with Crippen LogP contribution >= 0.6 is 0 Å².